The molecule has 1 aromatic carbocycles. The van der Waals surface area contributed by atoms with Gasteiger partial charge in [0.1, 0.15) is 5.82 Å². The second-order valence-corrected chi connectivity index (χ2v) is 5.90. The fourth-order valence-corrected chi connectivity index (χ4v) is 3.12. The molecular weight excluding hydrogens is 302 g/mol. The second kappa shape index (κ2) is 5.96. The number of hydrogen-bond acceptors (Lipinski definition) is 3. The highest BCUT2D eigenvalue weighted by Gasteiger charge is 2.24. The Labute approximate surface area is 140 Å². The van der Waals surface area contributed by atoms with Gasteiger partial charge in [-0.3, -0.25) is 4.79 Å². The van der Waals surface area contributed by atoms with E-state index in [1.165, 1.54) is 0 Å². The third kappa shape index (κ3) is 2.50. The van der Waals surface area contributed by atoms with Crippen molar-refractivity contribution < 1.29 is 4.79 Å². The van der Waals surface area contributed by atoms with E-state index in [4.69, 9.17) is 0 Å². The quantitative estimate of drug-likeness (QED) is 0.744. The van der Waals surface area contributed by atoms with Crippen molar-refractivity contribution in [1.29, 1.82) is 0 Å². The second-order valence-electron chi connectivity index (χ2n) is 5.90. The lowest BCUT2D eigenvalue weighted by molar-refractivity contribution is 0.0706. The Balaban J connectivity index is 1.52. The number of benzene rings is 1. The Hall–Kier alpha value is -2.89. The van der Waals surface area contributed by atoms with Crippen LogP contribution in [0.1, 0.15) is 28.9 Å². The summed E-state index contributed by atoms with van der Waals surface area (Å²) in [5, 5.41) is 8.41. The largest absolute Gasteiger partial charge is 0.329 e. The average molecular weight is 321 g/mol. The highest BCUT2D eigenvalue weighted by Crippen LogP contribution is 2.17. The number of hydrogen-bond donors (Lipinski definition) is 0. The Bertz CT molecular complexity index is 848. The predicted octanol–water partition coefficient (Wildman–Crippen LogP) is 2.29. The van der Waals surface area contributed by atoms with E-state index in [0.717, 1.165) is 30.3 Å². The molecule has 1 aliphatic rings. The minimum absolute atomic E-state index is 0.0429. The molecule has 1 amide bonds. The number of rotatable bonds is 3. The van der Waals surface area contributed by atoms with Crippen LogP contribution in [0.3, 0.4) is 0 Å². The van der Waals surface area contributed by atoms with Crippen molar-refractivity contribution in [2.24, 2.45) is 0 Å². The summed E-state index contributed by atoms with van der Waals surface area (Å²) >= 11 is 0. The molecule has 122 valence electrons. The van der Waals surface area contributed by atoms with E-state index < -0.39 is 0 Å². The number of amides is 1. The molecule has 4 rings (SSSR count). The van der Waals surface area contributed by atoms with Gasteiger partial charge < -0.3 is 14.0 Å². The van der Waals surface area contributed by atoms with Crippen molar-refractivity contribution >= 4 is 5.91 Å². The van der Waals surface area contributed by atoms with E-state index in [2.05, 4.69) is 21.7 Å². The van der Waals surface area contributed by atoms with Gasteiger partial charge in [-0.25, -0.2) is 0 Å². The summed E-state index contributed by atoms with van der Waals surface area (Å²) < 4.78 is 4.14. The third-order valence-corrected chi connectivity index (χ3v) is 4.45. The van der Waals surface area contributed by atoms with Crippen LogP contribution in [-0.4, -0.2) is 36.7 Å². The van der Waals surface area contributed by atoms with Crippen molar-refractivity contribution in [2.45, 2.75) is 26.4 Å². The fraction of sp³-hybridized carbons (Fsp3) is 0.278. The Morgan fingerprint density at radius 3 is 2.54 bits per heavy atom. The van der Waals surface area contributed by atoms with Crippen molar-refractivity contribution in [3.05, 3.63) is 66.0 Å². The summed E-state index contributed by atoms with van der Waals surface area (Å²) in [6.45, 7) is 4.04. The monoisotopic (exact) mass is 321 g/mol. The molecule has 0 N–H and O–H groups in total. The standard InChI is InChI=1S/C18H19N5O/c1-2-16-19-20-17-13-22(11-12-23(16)17)18(24)14-5-7-15(8-6-14)21-9-3-4-10-21/h3-10H,2,11-13H2,1H3. The normalized spacial score (nSPS) is 13.8. The van der Waals surface area contributed by atoms with Gasteiger partial charge in [-0.2, -0.15) is 0 Å². The Kier molecular flexibility index (Phi) is 3.65. The van der Waals surface area contributed by atoms with Crippen LogP contribution in [-0.2, 0) is 19.5 Å². The Morgan fingerprint density at radius 2 is 1.83 bits per heavy atom. The predicted molar refractivity (Wildman–Crippen MR) is 89.9 cm³/mol. The summed E-state index contributed by atoms with van der Waals surface area (Å²) in [6.07, 6.45) is 4.83. The molecule has 6 nitrogen and oxygen atoms in total. The van der Waals surface area contributed by atoms with Crippen LogP contribution in [0.5, 0.6) is 0 Å². The number of carbonyl (C=O) groups excluding carboxylic acids is 1. The van der Waals surface area contributed by atoms with Crippen molar-refractivity contribution in [3.8, 4) is 5.69 Å². The van der Waals surface area contributed by atoms with Crippen LogP contribution >= 0.6 is 0 Å². The van der Waals surface area contributed by atoms with Gasteiger partial charge >= 0.3 is 0 Å². The van der Waals surface area contributed by atoms with Crippen molar-refractivity contribution in [3.63, 3.8) is 0 Å². The van der Waals surface area contributed by atoms with Gasteiger partial charge in [0.2, 0.25) is 0 Å². The number of nitrogens with zero attached hydrogens (tertiary/aromatic N) is 5. The molecule has 0 unspecified atom stereocenters. The summed E-state index contributed by atoms with van der Waals surface area (Å²) in [5.74, 6) is 1.91. The van der Waals surface area contributed by atoms with E-state index in [1.807, 2.05) is 58.3 Å². The van der Waals surface area contributed by atoms with Crippen LogP contribution in [0, 0.1) is 0 Å². The first-order valence-electron chi connectivity index (χ1n) is 8.20. The van der Waals surface area contributed by atoms with Crippen molar-refractivity contribution in [1.82, 2.24) is 24.2 Å². The van der Waals surface area contributed by atoms with E-state index in [-0.39, 0.29) is 5.91 Å². The zero-order valence-corrected chi connectivity index (χ0v) is 13.6. The summed E-state index contributed by atoms with van der Waals surface area (Å²) in [6, 6.07) is 11.7. The molecule has 3 aromatic rings. The minimum atomic E-state index is 0.0429. The lowest BCUT2D eigenvalue weighted by atomic mass is 10.1. The smallest absolute Gasteiger partial charge is 0.254 e. The average Bonchev–Trinajstić information content (AvgIpc) is 3.30. The van der Waals surface area contributed by atoms with Crippen LogP contribution in [0.4, 0.5) is 0 Å². The molecule has 6 heteroatoms. The van der Waals surface area contributed by atoms with Gasteiger partial charge in [0.05, 0.1) is 6.54 Å². The van der Waals surface area contributed by atoms with Gasteiger partial charge in [0.25, 0.3) is 5.91 Å². The maximum absolute atomic E-state index is 12.7. The van der Waals surface area contributed by atoms with E-state index in [9.17, 15) is 4.79 Å². The zero-order valence-electron chi connectivity index (χ0n) is 13.6. The number of carbonyl (C=O) groups is 1. The summed E-state index contributed by atoms with van der Waals surface area (Å²) in [5.41, 5.74) is 1.75. The maximum atomic E-state index is 12.7. The molecule has 1 aliphatic heterocycles. The first-order valence-corrected chi connectivity index (χ1v) is 8.20. The third-order valence-electron chi connectivity index (χ3n) is 4.45. The molecular formula is C18H19N5O. The van der Waals surface area contributed by atoms with Crippen LogP contribution in [0.25, 0.3) is 5.69 Å². The molecule has 0 saturated carbocycles. The Morgan fingerprint density at radius 1 is 1.08 bits per heavy atom. The molecule has 0 spiro atoms. The topological polar surface area (TPSA) is 56.0 Å². The lowest BCUT2D eigenvalue weighted by Gasteiger charge is -2.28. The summed E-state index contributed by atoms with van der Waals surface area (Å²) in [4.78, 5) is 14.6. The first-order chi connectivity index (χ1) is 11.8. The number of fused-ring (bicyclic) bond motifs is 1. The molecule has 0 atom stereocenters. The van der Waals surface area contributed by atoms with Crippen LogP contribution in [0.2, 0.25) is 0 Å². The molecule has 0 fully saturated rings. The molecule has 2 aromatic heterocycles. The SMILES string of the molecule is CCc1nnc2n1CCN(C(=O)c1ccc(-n3cccc3)cc1)C2. The highest BCUT2D eigenvalue weighted by molar-refractivity contribution is 5.94. The van der Waals surface area contributed by atoms with Gasteiger partial charge in [-0.15, -0.1) is 10.2 Å². The maximum Gasteiger partial charge on any atom is 0.254 e. The van der Waals surface area contributed by atoms with Crippen molar-refractivity contribution in [2.75, 3.05) is 6.54 Å². The van der Waals surface area contributed by atoms with Gasteiger partial charge in [0, 0.05) is 43.2 Å². The highest BCUT2D eigenvalue weighted by atomic mass is 16.2. The van der Waals surface area contributed by atoms with E-state index in [0.29, 0.717) is 18.7 Å². The van der Waals surface area contributed by atoms with E-state index in [1.54, 1.807) is 0 Å². The molecule has 0 saturated heterocycles. The molecule has 0 aliphatic carbocycles. The minimum Gasteiger partial charge on any atom is -0.329 e. The number of aryl methyl sites for hydroxylation is 1. The van der Waals surface area contributed by atoms with Crippen LogP contribution < -0.4 is 0 Å². The zero-order chi connectivity index (χ0) is 16.5. The lowest BCUT2D eigenvalue weighted by Crippen LogP contribution is -2.38. The summed E-state index contributed by atoms with van der Waals surface area (Å²) in [7, 11) is 0. The van der Waals surface area contributed by atoms with E-state index >= 15 is 0 Å². The number of aromatic nitrogens is 4. The molecule has 0 radical (unpaired) electrons. The fourth-order valence-electron chi connectivity index (χ4n) is 3.12. The van der Waals surface area contributed by atoms with Gasteiger partial charge in [-0.1, -0.05) is 6.92 Å². The molecule has 24 heavy (non-hydrogen) atoms. The molecule has 0 bridgehead atoms. The van der Waals surface area contributed by atoms with Gasteiger partial charge in [-0.05, 0) is 36.4 Å². The van der Waals surface area contributed by atoms with Gasteiger partial charge in [0.15, 0.2) is 5.82 Å². The molecule has 3 heterocycles. The first kappa shape index (κ1) is 14.7. The van der Waals surface area contributed by atoms with Crippen LogP contribution in [0.15, 0.2) is 48.8 Å².